The van der Waals surface area contributed by atoms with Crippen molar-refractivity contribution in [3.05, 3.63) is 51.7 Å². The minimum Gasteiger partial charge on any atom is -0.477 e. The number of aromatic carboxylic acids is 1. The van der Waals surface area contributed by atoms with Gasteiger partial charge in [-0.1, -0.05) is 6.92 Å². The maximum atomic E-state index is 12.9. The Bertz CT molecular complexity index is 683. The van der Waals surface area contributed by atoms with Crippen molar-refractivity contribution in [3.8, 4) is 5.69 Å². The summed E-state index contributed by atoms with van der Waals surface area (Å²) in [5.41, 5.74) is 0.00529. The highest BCUT2D eigenvalue weighted by Gasteiger charge is 2.22. The number of carbonyl (C=O) groups is 1. The fourth-order valence-corrected chi connectivity index (χ4v) is 2.14. The Morgan fingerprint density at radius 2 is 1.89 bits per heavy atom. The van der Waals surface area contributed by atoms with Crippen molar-refractivity contribution in [1.29, 1.82) is 0 Å². The number of nitrogens with zero attached hydrogens (tertiary/aromatic N) is 2. The average molecular weight is 264 g/mol. The quantitative estimate of drug-likeness (QED) is 0.915. The molecule has 2 rings (SSSR count). The Balaban J connectivity index is 2.75. The normalized spacial score (nSPS) is 10.7. The zero-order chi connectivity index (χ0) is 14.2. The number of rotatable bonds is 3. The Hall–Kier alpha value is -2.37. The molecule has 1 heterocycles. The van der Waals surface area contributed by atoms with Crippen LogP contribution in [0.15, 0.2) is 29.1 Å². The van der Waals surface area contributed by atoms with Crippen LogP contribution in [0.1, 0.15) is 23.0 Å². The van der Waals surface area contributed by atoms with E-state index in [1.54, 1.807) is 14.0 Å². The van der Waals surface area contributed by atoms with Crippen molar-refractivity contribution >= 4 is 5.97 Å². The molecular weight excluding hydrogens is 251 g/mol. The van der Waals surface area contributed by atoms with Crippen LogP contribution in [-0.4, -0.2) is 20.4 Å². The zero-order valence-electron chi connectivity index (χ0n) is 10.6. The van der Waals surface area contributed by atoms with Crippen LogP contribution in [-0.2, 0) is 13.5 Å². The summed E-state index contributed by atoms with van der Waals surface area (Å²) in [5, 5.41) is 9.12. The lowest BCUT2D eigenvalue weighted by Crippen LogP contribution is -2.22. The molecule has 0 spiro atoms. The molecule has 0 aliphatic carbocycles. The second-order valence-electron chi connectivity index (χ2n) is 4.10. The van der Waals surface area contributed by atoms with Crippen LogP contribution < -0.4 is 5.56 Å². The third-order valence-corrected chi connectivity index (χ3v) is 3.01. The summed E-state index contributed by atoms with van der Waals surface area (Å²) in [6, 6.07) is 5.31. The maximum absolute atomic E-state index is 12.9. The molecule has 0 saturated heterocycles. The van der Waals surface area contributed by atoms with Crippen LogP contribution >= 0.6 is 0 Å². The van der Waals surface area contributed by atoms with Gasteiger partial charge in [0.25, 0.3) is 5.56 Å². The van der Waals surface area contributed by atoms with Crippen LogP contribution in [0, 0.1) is 5.82 Å². The number of carboxylic acid groups (broad SMARTS) is 1. The highest BCUT2D eigenvalue weighted by atomic mass is 19.1. The molecule has 2 aromatic rings. The van der Waals surface area contributed by atoms with Gasteiger partial charge in [0.1, 0.15) is 11.4 Å². The Morgan fingerprint density at radius 1 is 1.32 bits per heavy atom. The van der Waals surface area contributed by atoms with E-state index < -0.39 is 17.3 Å². The largest absolute Gasteiger partial charge is 0.477 e. The highest BCUT2D eigenvalue weighted by Crippen LogP contribution is 2.12. The van der Waals surface area contributed by atoms with E-state index in [1.165, 1.54) is 33.6 Å². The van der Waals surface area contributed by atoms with Crippen molar-refractivity contribution in [2.24, 2.45) is 7.05 Å². The Labute approximate surface area is 108 Å². The second-order valence-corrected chi connectivity index (χ2v) is 4.10. The van der Waals surface area contributed by atoms with Gasteiger partial charge in [-0.05, 0) is 30.7 Å². The first kappa shape index (κ1) is 13.1. The fraction of sp³-hybridized carbons (Fsp3) is 0.231. The first-order valence-corrected chi connectivity index (χ1v) is 5.77. The summed E-state index contributed by atoms with van der Waals surface area (Å²) >= 11 is 0. The van der Waals surface area contributed by atoms with Crippen molar-refractivity contribution in [2.45, 2.75) is 13.3 Å². The fourth-order valence-electron chi connectivity index (χ4n) is 2.14. The topological polar surface area (TPSA) is 64.2 Å². The summed E-state index contributed by atoms with van der Waals surface area (Å²) in [4.78, 5) is 23.3. The Morgan fingerprint density at radius 3 is 2.32 bits per heavy atom. The first-order valence-electron chi connectivity index (χ1n) is 5.77. The molecule has 0 aliphatic heterocycles. The van der Waals surface area contributed by atoms with Gasteiger partial charge in [-0.2, -0.15) is 0 Å². The molecule has 100 valence electrons. The molecule has 0 unspecified atom stereocenters. The van der Waals surface area contributed by atoms with Crippen molar-refractivity contribution in [3.63, 3.8) is 0 Å². The monoisotopic (exact) mass is 264 g/mol. The Kier molecular flexibility index (Phi) is 3.25. The molecule has 1 aromatic heterocycles. The summed E-state index contributed by atoms with van der Waals surface area (Å²) in [7, 11) is 1.61. The standard InChI is InChI=1S/C13H13FN2O3/c1-3-10-11(13(18)19)12(17)16(15(10)2)9-6-4-8(14)5-7-9/h4-7H,3H2,1-2H3,(H,18,19). The van der Waals surface area contributed by atoms with Gasteiger partial charge < -0.3 is 5.11 Å². The molecule has 0 atom stereocenters. The van der Waals surface area contributed by atoms with Gasteiger partial charge in [-0.15, -0.1) is 0 Å². The molecular formula is C13H13FN2O3. The van der Waals surface area contributed by atoms with Crippen molar-refractivity contribution < 1.29 is 14.3 Å². The molecule has 0 saturated carbocycles. The molecule has 0 bridgehead atoms. The van der Waals surface area contributed by atoms with Crippen LogP contribution in [0.25, 0.3) is 5.69 Å². The van der Waals surface area contributed by atoms with Gasteiger partial charge in [0.2, 0.25) is 0 Å². The molecule has 1 aromatic carbocycles. The van der Waals surface area contributed by atoms with E-state index in [1.807, 2.05) is 0 Å². The van der Waals surface area contributed by atoms with Gasteiger partial charge in [0.05, 0.1) is 11.4 Å². The van der Waals surface area contributed by atoms with Crippen LogP contribution in [0.4, 0.5) is 4.39 Å². The third kappa shape index (κ3) is 2.05. The average Bonchev–Trinajstić information content (AvgIpc) is 2.62. The van der Waals surface area contributed by atoms with Crippen LogP contribution in [0.5, 0.6) is 0 Å². The predicted octanol–water partition coefficient (Wildman–Crippen LogP) is 1.58. The third-order valence-electron chi connectivity index (χ3n) is 3.01. The minimum atomic E-state index is -1.25. The predicted molar refractivity (Wildman–Crippen MR) is 67.3 cm³/mol. The minimum absolute atomic E-state index is 0.241. The van der Waals surface area contributed by atoms with Crippen LogP contribution in [0.2, 0.25) is 0 Å². The SMILES string of the molecule is CCc1c(C(=O)O)c(=O)n(-c2ccc(F)cc2)n1C. The van der Waals surface area contributed by atoms with Gasteiger partial charge in [-0.3, -0.25) is 9.48 Å². The zero-order valence-corrected chi connectivity index (χ0v) is 10.6. The molecule has 0 aliphatic rings. The van der Waals surface area contributed by atoms with Crippen molar-refractivity contribution in [2.75, 3.05) is 0 Å². The van der Waals surface area contributed by atoms with Crippen LogP contribution in [0.3, 0.4) is 0 Å². The maximum Gasteiger partial charge on any atom is 0.343 e. The highest BCUT2D eigenvalue weighted by molar-refractivity contribution is 5.88. The number of carboxylic acids is 1. The van der Waals surface area contributed by atoms with Gasteiger partial charge in [-0.25, -0.2) is 13.9 Å². The molecule has 6 heteroatoms. The molecule has 0 fully saturated rings. The first-order chi connectivity index (χ1) is 8.97. The summed E-state index contributed by atoms with van der Waals surface area (Å²) in [6.45, 7) is 1.77. The number of aromatic nitrogens is 2. The van der Waals surface area contributed by atoms with Gasteiger partial charge in [0, 0.05) is 7.05 Å². The molecule has 0 radical (unpaired) electrons. The van der Waals surface area contributed by atoms with E-state index >= 15 is 0 Å². The van der Waals surface area contributed by atoms with E-state index in [9.17, 15) is 14.0 Å². The number of benzene rings is 1. The number of hydrogen-bond donors (Lipinski definition) is 1. The molecule has 5 nitrogen and oxygen atoms in total. The van der Waals surface area contributed by atoms with Crippen molar-refractivity contribution in [1.82, 2.24) is 9.36 Å². The summed E-state index contributed by atoms with van der Waals surface area (Å²) < 4.78 is 15.6. The number of halogens is 1. The van der Waals surface area contributed by atoms with E-state index in [4.69, 9.17) is 5.11 Å². The van der Waals surface area contributed by atoms with E-state index in [-0.39, 0.29) is 5.56 Å². The summed E-state index contributed by atoms with van der Waals surface area (Å²) in [6.07, 6.45) is 0.418. The van der Waals surface area contributed by atoms with Gasteiger partial charge in [0.15, 0.2) is 0 Å². The second kappa shape index (κ2) is 4.72. The molecule has 19 heavy (non-hydrogen) atoms. The van der Waals surface area contributed by atoms with Gasteiger partial charge >= 0.3 is 5.97 Å². The van der Waals surface area contributed by atoms with E-state index in [2.05, 4.69) is 0 Å². The number of hydrogen-bond acceptors (Lipinski definition) is 2. The molecule has 1 N–H and O–H groups in total. The summed E-state index contributed by atoms with van der Waals surface area (Å²) in [5.74, 6) is -1.67. The van der Waals surface area contributed by atoms with E-state index in [0.717, 1.165) is 0 Å². The lowest BCUT2D eigenvalue weighted by Gasteiger charge is -2.08. The lowest BCUT2D eigenvalue weighted by molar-refractivity contribution is 0.0694. The lowest BCUT2D eigenvalue weighted by atomic mass is 10.2. The molecule has 0 amide bonds. The van der Waals surface area contributed by atoms with E-state index in [0.29, 0.717) is 17.8 Å². The smallest absolute Gasteiger partial charge is 0.343 e.